The third-order valence-corrected chi connectivity index (χ3v) is 6.96. The van der Waals surface area contributed by atoms with Gasteiger partial charge in [0, 0.05) is 32.1 Å². The summed E-state index contributed by atoms with van der Waals surface area (Å²) in [6.45, 7) is 4.05. The van der Waals surface area contributed by atoms with Crippen LogP contribution in [0.2, 0.25) is 0 Å². The van der Waals surface area contributed by atoms with Gasteiger partial charge in [-0.25, -0.2) is 14.5 Å². The van der Waals surface area contributed by atoms with Crippen LogP contribution in [0.3, 0.4) is 0 Å². The van der Waals surface area contributed by atoms with Crippen LogP contribution < -0.4 is 20.1 Å². The number of urea groups is 1. The number of rotatable bonds is 11. The van der Waals surface area contributed by atoms with Gasteiger partial charge in [-0.15, -0.1) is 0 Å². The van der Waals surface area contributed by atoms with Gasteiger partial charge in [-0.3, -0.25) is 9.59 Å². The second kappa shape index (κ2) is 13.8. The number of aryl methyl sites for hydroxylation is 1. The van der Waals surface area contributed by atoms with E-state index in [-0.39, 0.29) is 12.2 Å². The fraction of sp³-hybridized carbons (Fsp3) is 0.312. The third kappa shape index (κ3) is 7.49. The van der Waals surface area contributed by atoms with Crippen LogP contribution in [0.4, 0.5) is 16.2 Å². The predicted molar refractivity (Wildman–Crippen MR) is 159 cm³/mol. The molecule has 1 aliphatic heterocycles. The fourth-order valence-electron chi connectivity index (χ4n) is 4.82. The van der Waals surface area contributed by atoms with Crippen molar-refractivity contribution in [2.75, 3.05) is 37.9 Å². The highest BCUT2D eigenvalue weighted by Gasteiger charge is 2.51. The van der Waals surface area contributed by atoms with Crippen molar-refractivity contribution in [1.82, 2.24) is 4.90 Å². The van der Waals surface area contributed by atoms with Gasteiger partial charge in [-0.05, 0) is 73.4 Å². The van der Waals surface area contributed by atoms with Gasteiger partial charge >= 0.3 is 23.9 Å². The summed E-state index contributed by atoms with van der Waals surface area (Å²) in [5, 5.41) is 5.58. The van der Waals surface area contributed by atoms with E-state index in [0.29, 0.717) is 41.3 Å². The molecule has 226 valence electrons. The van der Waals surface area contributed by atoms with Gasteiger partial charge in [0.25, 0.3) is 0 Å². The Labute approximate surface area is 250 Å². The number of hydrogen-bond donors (Lipinski definition) is 2. The van der Waals surface area contributed by atoms with E-state index in [2.05, 4.69) is 10.6 Å². The van der Waals surface area contributed by atoms with E-state index in [1.54, 1.807) is 29.2 Å². The van der Waals surface area contributed by atoms with Crippen molar-refractivity contribution in [2.45, 2.75) is 39.0 Å². The van der Waals surface area contributed by atoms with Crippen LogP contribution in [0.5, 0.6) is 11.5 Å². The number of ether oxygens (including phenoxy) is 4. The molecular weight excluding hydrogens is 554 g/mol. The van der Waals surface area contributed by atoms with Gasteiger partial charge < -0.3 is 29.6 Å². The number of nitrogens with zero attached hydrogens (tertiary/aromatic N) is 1. The Balaban J connectivity index is 1.58. The summed E-state index contributed by atoms with van der Waals surface area (Å²) in [7, 11) is 2.74. The Morgan fingerprint density at radius 2 is 1.56 bits per heavy atom. The molecule has 1 unspecified atom stereocenters. The molecule has 1 aliphatic rings. The molecule has 0 bridgehead atoms. The van der Waals surface area contributed by atoms with Gasteiger partial charge in [-0.2, -0.15) is 0 Å². The maximum absolute atomic E-state index is 14.0. The van der Waals surface area contributed by atoms with Crippen LogP contribution in [-0.4, -0.2) is 61.9 Å². The lowest BCUT2D eigenvalue weighted by Gasteiger charge is -2.38. The number of anilines is 2. The number of methoxy groups -OCH3 is 2. The van der Waals surface area contributed by atoms with E-state index in [1.165, 1.54) is 45.4 Å². The quantitative estimate of drug-likeness (QED) is 0.236. The number of hydrogen-bond acceptors (Lipinski definition) is 9. The number of carbonyl (C=O) groups excluding carboxylic acids is 4. The Morgan fingerprint density at radius 3 is 2.19 bits per heavy atom. The van der Waals surface area contributed by atoms with Gasteiger partial charge in [0.05, 0.1) is 25.5 Å². The van der Waals surface area contributed by atoms with Crippen LogP contribution >= 0.6 is 0 Å². The average Bonchev–Trinajstić information content (AvgIpc) is 3.54. The first-order chi connectivity index (χ1) is 20.6. The largest absolute Gasteiger partial charge is 0.495 e. The molecule has 1 atom stereocenters. The zero-order valence-electron chi connectivity index (χ0n) is 24.6. The molecule has 2 amide bonds. The van der Waals surface area contributed by atoms with Crippen LogP contribution in [0.25, 0.3) is 0 Å². The molecule has 43 heavy (non-hydrogen) atoms. The summed E-state index contributed by atoms with van der Waals surface area (Å²) in [6.07, 6.45) is 1.41. The van der Waals surface area contributed by atoms with Crippen molar-refractivity contribution in [3.8, 4) is 11.5 Å². The lowest BCUT2D eigenvalue weighted by Crippen LogP contribution is -2.61. The van der Waals surface area contributed by atoms with E-state index in [1.807, 2.05) is 25.1 Å². The Bertz CT molecular complexity index is 1480. The molecule has 0 spiro atoms. The molecule has 1 fully saturated rings. The molecule has 0 saturated carbocycles. The maximum Gasteiger partial charge on any atom is 0.381 e. The molecule has 1 heterocycles. The molecule has 2 N–H and O–H groups in total. The Hall–Kier alpha value is -4.90. The van der Waals surface area contributed by atoms with E-state index < -0.39 is 29.7 Å². The highest BCUT2D eigenvalue weighted by molar-refractivity contribution is 6.01. The zero-order chi connectivity index (χ0) is 31.0. The number of carbonyl (C=O) groups is 4. The number of amides is 2. The highest BCUT2D eigenvalue weighted by atomic mass is 16.7. The highest BCUT2D eigenvalue weighted by Crippen LogP contribution is 2.32. The molecule has 11 heteroatoms. The molecular formula is C32H35N3O8. The minimum absolute atomic E-state index is 0.171. The number of esters is 2. The van der Waals surface area contributed by atoms with E-state index >= 15 is 0 Å². The standard InChI is InChI=1S/C32H35N3O8/c1-21-9-5-6-10-26(21)33-31(39)34-27-16-11-23(19-28(27)40-3)20-29(37)32(42-22(2)36,35-17-7-8-18-35)43-25-14-12-24(13-15-25)30(38)41-4/h5-6,9-16,19H,7-8,17-18,20H2,1-4H3,(H2,33,34,39). The monoisotopic (exact) mass is 589 g/mol. The Morgan fingerprint density at radius 1 is 0.884 bits per heavy atom. The molecule has 11 nitrogen and oxygen atoms in total. The summed E-state index contributed by atoms with van der Waals surface area (Å²) < 4.78 is 22.1. The van der Waals surface area contributed by atoms with Gasteiger partial charge in [-0.1, -0.05) is 24.3 Å². The normalized spacial score (nSPS) is 14.2. The molecule has 0 radical (unpaired) electrons. The molecule has 0 aromatic heterocycles. The zero-order valence-corrected chi connectivity index (χ0v) is 24.6. The second-order valence-electron chi connectivity index (χ2n) is 10.0. The van der Waals surface area contributed by atoms with Gasteiger partial charge in [0.1, 0.15) is 11.5 Å². The van der Waals surface area contributed by atoms with E-state index in [9.17, 15) is 19.2 Å². The first kappa shape index (κ1) is 31.0. The number of likely N-dealkylation sites (tertiary alicyclic amines) is 1. The van der Waals surface area contributed by atoms with E-state index in [0.717, 1.165) is 18.4 Å². The van der Waals surface area contributed by atoms with Crippen LogP contribution in [-0.2, 0) is 25.5 Å². The summed E-state index contributed by atoms with van der Waals surface area (Å²) >= 11 is 0. The molecule has 0 aliphatic carbocycles. The molecule has 3 aromatic carbocycles. The van der Waals surface area contributed by atoms with Crippen LogP contribution in [0.1, 0.15) is 41.3 Å². The number of benzene rings is 3. The van der Waals surface area contributed by atoms with Crippen molar-refractivity contribution in [1.29, 1.82) is 0 Å². The SMILES string of the molecule is COC(=O)c1ccc(OC(OC(C)=O)(C(=O)Cc2ccc(NC(=O)Nc3ccccc3C)c(OC)c2)N2CCCC2)cc1. The average molecular weight is 590 g/mol. The second-order valence-corrected chi connectivity index (χ2v) is 10.0. The third-order valence-electron chi connectivity index (χ3n) is 6.96. The Kier molecular flexibility index (Phi) is 9.99. The minimum atomic E-state index is -2.04. The van der Waals surface area contributed by atoms with Crippen LogP contribution in [0.15, 0.2) is 66.7 Å². The maximum atomic E-state index is 14.0. The number of para-hydroxylation sites is 1. The topological polar surface area (TPSA) is 132 Å². The molecule has 3 aromatic rings. The number of Topliss-reactive ketones (excluding diaryl/α,β-unsaturated/α-hetero) is 1. The van der Waals surface area contributed by atoms with Crippen LogP contribution in [0, 0.1) is 6.92 Å². The predicted octanol–water partition coefficient (Wildman–Crippen LogP) is 4.94. The van der Waals surface area contributed by atoms with Crippen molar-refractivity contribution < 1.29 is 38.1 Å². The number of ketones is 1. The lowest BCUT2D eigenvalue weighted by atomic mass is 10.0. The first-order valence-corrected chi connectivity index (χ1v) is 13.8. The van der Waals surface area contributed by atoms with Crippen molar-refractivity contribution >= 4 is 35.1 Å². The summed E-state index contributed by atoms with van der Waals surface area (Å²) in [5.41, 5.74) is 2.83. The smallest absolute Gasteiger partial charge is 0.381 e. The summed E-state index contributed by atoms with van der Waals surface area (Å²) in [6, 6.07) is 17.9. The van der Waals surface area contributed by atoms with Gasteiger partial charge in [0.2, 0.25) is 5.78 Å². The molecule has 4 rings (SSSR count). The first-order valence-electron chi connectivity index (χ1n) is 13.8. The minimum Gasteiger partial charge on any atom is -0.495 e. The van der Waals surface area contributed by atoms with Gasteiger partial charge in [0.15, 0.2) is 0 Å². The molecule has 1 saturated heterocycles. The lowest BCUT2D eigenvalue weighted by molar-refractivity contribution is -0.245. The summed E-state index contributed by atoms with van der Waals surface area (Å²) in [5.74, 6) is -3.19. The summed E-state index contributed by atoms with van der Waals surface area (Å²) in [4.78, 5) is 52.6. The fourth-order valence-corrected chi connectivity index (χ4v) is 4.82. The van der Waals surface area contributed by atoms with Crippen molar-refractivity contribution in [3.05, 3.63) is 83.4 Å². The van der Waals surface area contributed by atoms with E-state index in [4.69, 9.17) is 18.9 Å². The van der Waals surface area contributed by atoms with Crippen molar-refractivity contribution in [3.63, 3.8) is 0 Å². The van der Waals surface area contributed by atoms with Crippen molar-refractivity contribution in [2.24, 2.45) is 0 Å². The number of nitrogens with one attached hydrogen (secondary N) is 2.